The van der Waals surface area contributed by atoms with Gasteiger partial charge in [-0.05, 0) is 43.3 Å². The molecule has 0 fully saturated rings. The number of carbonyl (C=O) groups is 2. The van der Waals surface area contributed by atoms with Crippen LogP contribution in [-0.2, 0) is 11.8 Å². The second-order valence-corrected chi connectivity index (χ2v) is 8.39. The van der Waals surface area contributed by atoms with Crippen molar-refractivity contribution in [3.05, 3.63) is 58.9 Å². The predicted molar refractivity (Wildman–Crippen MR) is 120 cm³/mol. The van der Waals surface area contributed by atoms with Gasteiger partial charge in [0, 0.05) is 29.4 Å². The number of nitrogens with one attached hydrogen (secondary N) is 2. The van der Waals surface area contributed by atoms with E-state index in [1.54, 1.807) is 54.1 Å². The van der Waals surface area contributed by atoms with Crippen LogP contribution in [0.2, 0.25) is 5.02 Å². The number of hydrogen-bond acceptors (Lipinski definition) is 7. The second kappa shape index (κ2) is 9.49. The van der Waals surface area contributed by atoms with Gasteiger partial charge in [-0.3, -0.25) is 9.59 Å². The van der Waals surface area contributed by atoms with Gasteiger partial charge in [0.15, 0.2) is 22.5 Å². The number of hydrogen-bond donors (Lipinski definition) is 2. The first-order chi connectivity index (χ1) is 15.4. The molecule has 1 atom stereocenters. The first kappa shape index (κ1) is 22.0. The Morgan fingerprint density at radius 1 is 1.16 bits per heavy atom. The number of ether oxygens (including phenoxy) is 2. The van der Waals surface area contributed by atoms with Crippen molar-refractivity contribution in [2.75, 3.05) is 17.9 Å². The van der Waals surface area contributed by atoms with Crippen LogP contribution in [0.25, 0.3) is 0 Å². The summed E-state index contributed by atoms with van der Waals surface area (Å²) in [6.45, 7) is 1.99. The molecule has 0 radical (unpaired) electrons. The molecule has 2 N–H and O–H groups in total. The molecule has 0 saturated heterocycles. The van der Waals surface area contributed by atoms with Crippen LogP contribution < -0.4 is 20.1 Å². The first-order valence-electron chi connectivity index (χ1n) is 9.68. The number of thioether (sulfide) groups is 1. The van der Waals surface area contributed by atoms with Crippen LogP contribution in [0.4, 0.5) is 5.69 Å². The first-order valence-corrected chi connectivity index (χ1v) is 11.0. The average Bonchev–Trinajstić information content (AvgIpc) is 3.38. The SMILES string of the molecule is CC(NC(=O)c1ccc(Cl)cc1)c1nnc(SCC(=O)Nc2ccc3c(c2)OCO3)n1C. The molecule has 2 heterocycles. The van der Waals surface area contributed by atoms with Crippen LogP contribution in [0.1, 0.15) is 29.1 Å². The molecule has 166 valence electrons. The van der Waals surface area contributed by atoms with Crippen LogP contribution in [0.3, 0.4) is 0 Å². The fraction of sp³-hybridized carbons (Fsp3) is 0.238. The van der Waals surface area contributed by atoms with Crippen molar-refractivity contribution in [3.63, 3.8) is 0 Å². The number of aromatic nitrogens is 3. The number of anilines is 1. The summed E-state index contributed by atoms with van der Waals surface area (Å²) in [5.74, 6) is 1.54. The Bertz CT molecular complexity index is 1150. The molecule has 0 bridgehead atoms. The summed E-state index contributed by atoms with van der Waals surface area (Å²) in [6.07, 6.45) is 0. The monoisotopic (exact) mass is 473 g/mol. The maximum absolute atomic E-state index is 12.4. The summed E-state index contributed by atoms with van der Waals surface area (Å²) in [5, 5.41) is 15.2. The Morgan fingerprint density at radius 3 is 2.69 bits per heavy atom. The maximum atomic E-state index is 12.4. The molecule has 11 heteroatoms. The molecular weight excluding hydrogens is 454 g/mol. The second-order valence-electron chi connectivity index (χ2n) is 7.01. The average molecular weight is 474 g/mol. The quantitative estimate of drug-likeness (QED) is 0.506. The summed E-state index contributed by atoms with van der Waals surface area (Å²) < 4.78 is 12.3. The van der Waals surface area contributed by atoms with Gasteiger partial charge in [0.1, 0.15) is 0 Å². The molecule has 0 aliphatic carbocycles. The molecule has 1 aromatic heterocycles. The van der Waals surface area contributed by atoms with Crippen LogP contribution in [-0.4, -0.2) is 39.1 Å². The minimum atomic E-state index is -0.382. The largest absolute Gasteiger partial charge is 0.454 e. The zero-order chi connectivity index (χ0) is 22.7. The highest BCUT2D eigenvalue weighted by molar-refractivity contribution is 7.99. The maximum Gasteiger partial charge on any atom is 0.251 e. The highest BCUT2D eigenvalue weighted by Crippen LogP contribution is 2.34. The normalized spacial score (nSPS) is 13.0. The summed E-state index contributed by atoms with van der Waals surface area (Å²) >= 11 is 7.12. The third kappa shape index (κ3) is 4.97. The number of fused-ring (bicyclic) bond motifs is 1. The van der Waals surface area contributed by atoms with Crippen molar-refractivity contribution in [3.8, 4) is 11.5 Å². The van der Waals surface area contributed by atoms with Gasteiger partial charge in [0.2, 0.25) is 12.7 Å². The van der Waals surface area contributed by atoms with E-state index in [0.29, 0.717) is 38.8 Å². The van der Waals surface area contributed by atoms with E-state index in [4.69, 9.17) is 21.1 Å². The molecule has 1 aliphatic rings. The Labute approximate surface area is 193 Å². The van der Waals surface area contributed by atoms with Gasteiger partial charge in [0.05, 0.1) is 11.8 Å². The highest BCUT2D eigenvalue weighted by atomic mass is 35.5. The van der Waals surface area contributed by atoms with Crippen LogP contribution in [0.15, 0.2) is 47.6 Å². The van der Waals surface area contributed by atoms with E-state index in [9.17, 15) is 9.59 Å². The van der Waals surface area contributed by atoms with E-state index < -0.39 is 0 Å². The lowest BCUT2D eigenvalue weighted by atomic mass is 10.2. The van der Waals surface area contributed by atoms with E-state index in [1.165, 1.54) is 11.8 Å². The smallest absolute Gasteiger partial charge is 0.251 e. The van der Waals surface area contributed by atoms with E-state index in [0.717, 1.165) is 0 Å². The van der Waals surface area contributed by atoms with Crippen LogP contribution in [0, 0.1) is 0 Å². The summed E-state index contributed by atoms with van der Waals surface area (Å²) in [4.78, 5) is 24.8. The molecule has 2 amide bonds. The number of carbonyl (C=O) groups excluding carboxylic acids is 2. The minimum absolute atomic E-state index is 0.145. The lowest BCUT2D eigenvalue weighted by molar-refractivity contribution is -0.113. The molecular formula is C21H20ClN5O4S. The zero-order valence-electron chi connectivity index (χ0n) is 17.3. The predicted octanol–water partition coefficient (Wildman–Crippen LogP) is 3.42. The highest BCUT2D eigenvalue weighted by Gasteiger charge is 2.19. The molecule has 9 nitrogen and oxygen atoms in total. The third-order valence-corrected chi connectivity index (χ3v) is 5.97. The lowest BCUT2D eigenvalue weighted by Gasteiger charge is -2.13. The van der Waals surface area contributed by atoms with Crippen molar-refractivity contribution < 1.29 is 19.1 Å². The fourth-order valence-corrected chi connectivity index (χ4v) is 3.92. The Balaban J connectivity index is 1.32. The Kier molecular flexibility index (Phi) is 6.52. The lowest BCUT2D eigenvalue weighted by Crippen LogP contribution is -2.28. The van der Waals surface area contributed by atoms with Crippen LogP contribution >= 0.6 is 23.4 Å². The number of halogens is 1. The summed E-state index contributed by atoms with van der Waals surface area (Å²) in [6, 6.07) is 11.5. The van der Waals surface area contributed by atoms with Gasteiger partial charge >= 0.3 is 0 Å². The van der Waals surface area contributed by atoms with Crippen LogP contribution in [0.5, 0.6) is 11.5 Å². The van der Waals surface area contributed by atoms with Crippen molar-refractivity contribution in [2.45, 2.75) is 18.1 Å². The van der Waals surface area contributed by atoms with Gasteiger partial charge in [0.25, 0.3) is 5.91 Å². The molecule has 0 spiro atoms. The number of nitrogens with zero attached hydrogens (tertiary/aromatic N) is 3. The summed E-state index contributed by atoms with van der Waals surface area (Å²) in [7, 11) is 1.79. The van der Waals surface area contributed by atoms with E-state index in [2.05, 4.69) is 20.8 Å². The number of amides is 2. The van der Waals surface area contributed by atoms with E-state index in [-0.39, 0.29) is 30.4 Å². The Morgan fingerprint density at radius 2 is 1.91 bits per heavy atom. The fourth-order valence-electron chi connectivity index (χ4n) is 3.08. The zero-order valence-corrected chi connectivity index (χ0v) is 18.9. The summed E-state index contributed by atoms with van der Waals surface area (Å²) in [5.41, 5.74) is 1.12. The van der Waals surface area contributed by atoms with Crippen molar-refractivity contribution in [2.24, 2.45) is 7.05 Å². The molecule has 0 saturated carbocycles. The Hall–Kier alpha value is -3.24. The van der Waals surface area contributed by atoms with Gasteiger partial charge in [-0.1, -0.05) is 23.4 Å². The topological polar surface area (TPSA) is 107 Å². The minimum Gasteiger partial charge on any atom is -0.454 e. The molecule has 2 aromatic carbocycles. The number of rotatable bonds is 7. The van der Waals surface area contributed by atoms with Crippen molar-refractivity contribution >= 4 is 40.9 Å². The molecule has 1 aliphatic heterocycles. The van der Waals surface area contributed by atoms with Crippen molar-refractivity contribution in [1.29, 1.82) is 0 Å². The van der Waals surface area contributed by atoms with E-state index in [1.807, 2.05) is 6.92 Å². The van der Waals surface area contributed by atoms with Gasteiger partial charge in [-0.15, -0.1) is 10.2 Å². The number of benzene rings is 2. The molecule has 1 unspecified atom stereocenters. The van der Waals surface area contributed by atoms with Crippen molar-refractivity contribution in [1.82, 2.24) is 20.1 Å². The molecule has 32 heavy (non-hydrogen) atoms. The molecule has 3 aromatic rings. The molecule has 4 rings (SSSR count). The third-order valence-electron chi connectivity index (χ3n) is 4.70. The standard InChI is InChI=1S/C21H20ClN5O4S/c1-12(23-20(29)13-3-5-14(22)6-4-13)19-25-26-21(27(19)2)32-10-18(28)24-15-7-8-16-17(9-15)31-11-30-16/h3-9,12H,10-11H2,1-2H3,(H,23,29)(H,24,28). The van der Waals surface area contributed by atoms with Gasteiger partial charge in [-0.2, -0.15) is 0 Å². The van der Waals surface area contributed by atoms with E-state index >= 15 is 0 Å². The van der Waals surface area contributed by atoms with Gasteiger partial charge in [-0.25, -0.2) is 0 Å². The van der Waals surface area contributed by atoms with Gasteiger partial charge < -0.3 is 24.7 Å².